The van der Waals surface area contributed by atoms with E-state index in [9.17, 15) is 5.11 Å². The highest BCUT2D eigenvalue weighted by atomic mass is 16.5. The Morgan fingerprint density at radius 1 is 1.43 bits per heavy atom. The van der Waals surface area contributed by atoms with Crippen LogP contribution in [-0.2, 0) is 13.0 Å². The molecule has 2 heterocycles. The lowest BCUT2D eigenvalue weighted by Gasteiger charge is -2.37. The Kier molecular flexibility index (Phi) is 2.03. The van der Waals surface area contributed by atoms with Crippen LogP contribution >= 0.6 is 0 Å². The highest BCUT2D eigenvalue weighted by Crippen LogP contribution is 2.29. The Hall–Kier alpha value is -1.03. The van der Waals surface area contributed by atoms with Crippen molar-refractivity contribution in [1.82, 2.24) is 10.1 Å². The first-order chi connectivity index (χ1) is 6.48. The molecular formula is C10H16N2O2. The van der Waals surface area contributed by atoms with Crippen LogP contribution in [0.5, 0.6) is 5.88 Å². The normalized spacial score (nSPS) is 18.2. The van der Waals surface area contributed by atoms with E-state index in [2.05, 4.69) is 30.8 Å². The summed E-state index contributed by atoms with van der Waals surface area (Å²) in [6.45, 7) is 8.22. The topological polar surface area (TPSA) is 49.5 Å². The van der Waals surface area contributed by atoms with Crippen LogP contribution in [0.25, 0.3) is 0 Å². The standard InChI is InChI=1S/C10H16N2O2/c1-10(2,3)12-5-4-7-8(6-12)14-11-9(7)13/h4-6H2,1-3H3,(H,11,13). The summed E-state index contributed by atoms with van der Waals surface area (Å²) in [7, 11) is 0. The summed E-state index contributed by atoms with van der Waals surface area (Å²) in [4.78, 5) is 2.32. The Bertz CT molecular complexity index is 338. The molecular weight excluding hydrogens is 180 g/mol. The van der Waals surface area contributed by atoms with Gasteiger partial charge in [-0.1, -0.05) is 0 Å². The maximum atomic E-state index is 9.36. The van der Waals surface area contributed by atoms with Crippen molar-refractivity contribution < 1.29 is 9.63 Å². The molecule has 78 valence electrons. The minimum atomic E-state index is 0.0635. The zero-order valence-corrected chi connectivity index (χ0v) is 8.87. The van der Waals surface area contributed by atoms with Crippen molar-refractivity contribution >= 4 is 0 Å². The first-order valence-corrected chi connectivity index (χ1v) is 4.90. The van der Waals surface area contributed by atoms with E-state index >= 15 is 0 Å². The van der Waals surface area contributed by atoms with Crippen molar-refractivity contribution in [2.45, 2.75) is 39.3 Å². The zero-order chi connectivity index (χ0) is 10.3. The molecule has 0 saturated heterocycles. The quantitative estimate of drug-likeness (QED) is 0.683. The van der Waals surface area contributed by atoms with Gasteiger partial charge in [-0.05, 0) is 32.3 Å². The first-order valence-electron chi connectivity index (χ1n) is 4.90. The summed E-state index contributed by atoms with van der Waals surface area (Å²) < 4.78 is 5.07. The summed E-state index contributed by atoms with van der Waals surface area (Å²) in [5, 5.41) is 12.9. The lowest BCUT2D eigenvalue weighted by Crippen LogP contribution is -2.43. The van der Waals surface area contributed by atoms with Crippen LogP contribution < -0.4 is 0 Å². The van der Waals surface area contributed by atoms with Gasteiger partial charge >= 0.3 is 0 Å². The summed E-state index contributed by atoms with van der Waals surface area (Å²) >= 11 is 0. The fourth-order valence-electron chi connectivity index (χ4n) is 1.78. The zero-order valence-electron chi connectivity index (χ0n) is 8.87. The minimum absolute atomic E-state index is 0.0635. The van der Waals surface area contributed by atoms with Crippen LogP contribution in [0.3, 0.4) is 0 Å². The predicted molar refractivity (Wildman–Crippen MR) is 52.0 cm³/mol. The molecule has 0 spiro atoms. The summed E-state index contributed by atoms with van der Waals surface area (Å²) in [6, 6.07) is 0. The van der Waals surface area contributed by atoms with Gasteiger partial charge < -0.3 is 9.63 Å². The summed E-state index contributed by atoms with van der Waals surface area (Å²) in [6.07, 6.45) is 0.821. The average Bonchev–Trinajstić information content (AvgIpc) is 2.46. The Balaban J connectivity index is 2.22. The van der Waals surface area contributed by atoms with E-state index in [0.29, 0.717) is 0 Å². The second-order valence-corrected chi connectivity index (χ2v) is 4.75. The Morgan fingerprint density at radius 3 is 2.79 bits per heavy atom. The van der Waals surface area contributed by atoms with E-state index in [1.165, 1.54) is 0 Å². The molecule has 0 amide bonds. The number of rotatable bonds is 0. The third-order valence-corrected chi connectivity index (χ3v) is 2.76. The lowest BCUT2D eigenvalue weighted by atomic mass is 10.00. The van der Waals surface area contributed by atoms with Gasteiger partial charge in [0.15, 0.2) is 5.76 Å². The molecule has 0 radical (unpaired) electrons. The second kappa shape index (κ2) is 2.98. The van der Waals surface area contributed by atoms with E-state index in [1.807, 2.05) is 0 Å². The molecule has 1 aromatic heterocycles. The van der Waals surface area contributed by atoms with Gasteiger partial charge in [-0.3, -0.25) is 4.90 Å². The van der Waals surface area contributed by atoms with Crippen molar-refractivity contribution in [3.05, 3.63) is 11.3 Å². The van der Waals surface area contributed by atoms with Crippen LogP contribution in [0.4, 0.5) is 0 Å². The monoisotopic (exact) mass is 196 g/mol. The van der Waals surface area contributed by atoms with E-state index in [0.717, 1.165) is 30.8 Å². The van der Waals surface area contributed by atoms with Crippen molar-refractivity contribution in [2.75, 3.05) is 6.54 Å². The molecule has 0 saturated carbocycles. The highest BCUT2D eigenvalue weighted by molar-refractivity contribution is 5.29. The number of nitrogens with zero attached hydrogens (tertiary/aromatic N) is 2. The molecule has 1 aliphatic heterocycles. The molecule has 1 aliphatic rings. The van der Waals surface area contributed by atoms with Gasteiger partial charge in [0.05, 0.1) is 12.1 Å². The van der Waals surface area contributed by atoms with E-state index in [-0.39, 0.29) is 11.4 Å². The molecule has 1 aromatic rings. The summed E-state index contributed by atoms with van der Waals surface area (Å²) in [5.74, 6) is 0.872. The maximum absolute atomic E-state index is 9.36. The smallest absolute Gasteiger partial charge is 0.255 e. The Labute approximate surface area is 83.5 Å². The van der Waals surface area contributed by atoms with Crippen molar-refractivity contribution in [2.24, 2.45) is 0 Å². The summed E-state index contributed by atoms with van der Waals surface area (Å²) in [5.41, 5.74) is 1.02. The van der Waals surface area contributed by atoms with Crippen LogP contribution in [-0.4, -0.2) is 27.2 Å². The van der Waals surface area contributed by atoms with Gasteiger partial charge in [-0.15, -0.1) is 0 Å². The number of aromatic nitrogens is 1. The third-order valence-electron chi connectivity index (χ3n) is 2.76. The van der Waals surface area contributed by atoms with Crippen molar-refractivity contribution in [3.63, 3.8) is 0 Å². The fraction of sp³-hybridized carbons (Fsp3) is 0.700. The van der Waals surface area contributed by atoms with Gasteiger partial charge in [0.2, 0.25) is 0 Å². The molecule has 1 N–H and O–H groups in total. The molecule has 0 aromatic carbocycles. The number of hydrogen-bond donors (Lipinski definition) is 1. The molecule has 0 fully saturated rings. The molecule has 0 aliphatic carbocycles. The lowest BCUT2D eigenvalue weighted by molar-refractivity contribution is 0.105. The number of fused-ring (bicyclic) bond motifs is 1. The van der Waals surface area contributed by atoms with Gasteiger partial charge in [0.1, 0.15) is 0 Å². The van der Waals surface area contributed by atoms with E-state index in [1.54, 1.807) is 0 Å². The Morgan fingerprint density at radius 2 is 2.14 bits per heavy atom. The third kappa shape index (κ3) is 1.50. The fourth-order valence-corrected chi connectivity index (χ4v) is 1.78. The van der Waals surface area contributed by atoms with Gasteiger partial charge in [-0.2, -0.15) is 0 Å². The number of hydrogen-bond acceptors (Lipinski definition) is 4. The average molecular weight is 196 g/mol. The van der Waals surface area contributed by atoms with Crippen LogP contribution in [0, 0.1) is 0 Å². The van der Waals surface area contributed by atoms with Gasteiger partial charge in [-0.25, -0.2) is 0 Å². The molecule has 4 heteroatoms. The van der Waals surface area contributed by atoms with Crippen molar-refractivity contribution in [1.29, 1.82) is 0 Å². The molecule has 0 unspecified atom stereocenters. The molecule has 2 rings (SSSR count). The van der Waals surface area contributed by atoms with Crippen LogP contribution in [0.15, 0.2) is 4.52 Å². The van der Waals surface area contributed by atoms with E-state index in [4.69, 9.17) is 4.52 Å². The predicted octanol–water partition coefficient (Wildman–Crippen LogP) is 1.54. The molecule has 14 heavy (non-hydrogen) atoms. The minimum Gasteiger partial charge on any atom is -0.491 e. The van der Waals surface area contributed by atoms with Crippen molar-refractivity contribution in [3.8, 4) is 5.88 Å². The van der Waals surface area contributed by atoms with Crippen LogP contribution in [0.2, 0.25) is 0 Å². The first kappa shape index (κ1) is 9.52. The number of aromatic hydroxyl groups is 1. The molecule has 0 atom stereocenters. The van der Waals surface area contributed by atoms with Crippen LogP contribution in [0.1, 0.15) is 32.1 Å². The SMILES string of the molecule is CC(C)(C)N1CCc2c(O)noc2C1. The van der Waals surface area contributed by atoms with Gasteiger partial charge in [0.25, 0.3) is 5.88 Å². The molecule has 0 bridgehead atoms. The maximum Gasteiger partial charge on any atom is 0.255 e. The molecule has 4 nitrogen and oxygen atoms in total. The highest BCUT2D eigenvalue weighted by Gasteiger charge is 2.29. The largest absolute Gasteiger partial charge is 0.491 e. The second-order valence-electron chi connectivity index (χ2n) is 4.75. The van der Waals surface area contributed by atoms with Gasteiger partial charge in [0, 0.05) is 12.1 Å². The van der Waals surface area contributed by atoms with E-state index < -0.39 is 0 Å².